The van der Waals surface area contributed by atoms with Gasteiger partial charge in [0.1, 0.15) is 0 Å². The van der Waals surface area contributed by atoms with E-state index in [0.717, 1.165) is 38.7 Å². The molecule has 2 aromatic rings. The second-order valence-electron chi connectivity index (χ2n) is 7.82. The number of guanidine groups is 1. The highest BCUT2D eigenvalue weighted by Gasteiger charge is 2.20. The molecule has 1 heterocycles. The smallest absolute Gasteiger partial charge is 0.222 e. The summed E-state index contributed by atoms with van der Waals surface area (Å²) < 4.78 is 0. The van der Waals surface area contributed by atoms with E-state index in [1.807, 2.05) is 20.9 Å². The zero-order chi connectivity index (χ0) is 20.6. The summed E-state index contributed by atoms with van der Waals surface area (Å²) in [5, 5.41) is 8.94. The summed E-state index contributed by atoms with van der Waals surface area (Å²) in [6.07, 6.45) is 0. The third-order valence-corrected chi connectivity index (χ3v) is 5.39. The van der Waals surface area contributed by atoms with Crippen molar-refractivity contribution in [1.29, 1.82) is 0 Å². The number of halogens is 1. The lowest BCUT2D eigenvalue weighted by Crippen LogP contribution is -2.53. The summed E-state index contributed by atoms with van der Waals surface area (Å²) in [7, 11) is 1.82. The van der Waals surface area contributed by atoms with Crippen LogP contribution in [-0.4, -0.2) is 68.0 Å². The molecule has 2 aromatic carbocycles. The predicted octanol–water partition coefficient (Wildman–Crippen LogP) is 2.92. The van der Waals surface area contributed by atoms with Gasteiger partial charge in [-0.3, -0.25) is 14.7 Å². The summed E-state index contributed by atoms with van der Waals surface area (Å²) in [6.45, 7) is 9.98. The van der Waals surface area contributed by atoms with Gasteiger partial charge in [0.25, 0.3) is 0 Å². The Hall–Kier alpha value is -1.87. The summed E-state index contributed by atoms with van der Waals surface area (Å²) in [6, 6.07) is 15.2. The van der Waals surface area contributed by atoms with Gasteiger partial charge in [-0.25, -0.2) is 0 Å². The fourth-order valence-electron chi connectivity index (χ4n) is 3.69. The van der Waals surface area contributed by atoms with E-state index in [0.29, 0.717) is 13.1 Å². The van der Waals surface area contributed by atoms with E-state index in [1.54, 1.807) is 0 Å². The Morgan fingerprint density at radius 3 is 2.37 bits per heavy atom. The molecule has 2 N–H and O–H groups in total. The Bertz CT molecular complexity index is 841. The monoisotopic (exact) mass is 523 g/mol. The van der Waals surface area contributed by atoms with Gasteiger partial charge >= 0.3 is 0 Å². The Kier molecular flexibility index (Phi) is 9.84. The van der Waals surface area contributed by atoms with Crippen molar-refractivity contribution in [3.63, 3.8) is 0 Å². The molecule has 0 aromatic heterocycles. The maximum atomic E-state index is 11.6. The lowest BCUT2D eigenvalue weighted by atomic mass is 10.0. The van der Waals surface area contributed by atoms with Gasteiger partial charge in [-0.1, -0.05) is 56.3 Å². The number of fused-ring (bicyclic) bond motifs is 1. The van der Waals surface area contributed by atoms with Gasteiger partial charge in [-0.15, -0.1) is 24.0 Å². The van der Waals surface area contributed by atoms with E-state index in [4.69, 9.17) is 0 Å². The number of hydrogen-bond acceptors (Lipinski definition) is 3. The molecule has 3 rings (SSSR count). The molecule has 164 valence electrons. The van der Waals surface area contributed by atoms with Crippen LogP contribution in [0.1, 0.15) is 19.4 Å². The Morgan fingerprint density at radius 1 is 1.00 bits per heavy atom. The van der Waals surface area contributed by atoms with Crippen molar-refractivity contribution in [2.24, 2.45) is 10.9 Å². The number of carbonyl (C=O) groups excluding carboxylic acids is 1. The lowest BCUT2D eigenvalue weighted by molar-refractivity contribution is -0.123. The number of rotatable bonds is 6. The number of carbonyl (C=O) groups is 1. The first-order valence-electron chi connectivity index (χ1n) is 10.5. The molecule has 30 heavy (non-hydrogen) atoms. The van der Waals surface area contributed by atoms with Crippen LogP contribution in [0.3, 0.4) is 0 Å². The lowest BCUT2D eigenvalue weighted by Gasteiger charge is -2.36. The number of nitrogens with one attached hydrogen (secondary N) is 2. The van der Waals surface area contributed by atoms with E-state index < -0.39 is 0 Å². The molecule has 7 heteroatoms. The standard InChI is InChI=1S/C23H33N5O.HI/c1-18(2)22(29)25-11-12-26-23(24-3)28-15-13-27(14-16-28)17-20-9-6-8-19-7-4-5-10-21(19)20;/h4-10,18H,11-17H2,1-3H3,(H,24,26)(H,25,29);1H. The molecular formula is C23H34IN5O. The molecule has 0 aliphatic carbocycles. The van der Waals surface area contributed by atoms with Crippen LogP contribution < -0.4 is 10.6 Å². The van der Waals surface area contributed by atoms with E-state index in [-0.39, 0.29) is 35.8 Å². The zero-order valence-corrected chi connectivity index (χ0v) is 20.6. The van der Waals surface area contributed by atoms with E-state index in [2.05, 4.69) is 67.9 Å². The predicted molar refractivity (Wildman–Crippen MR) is 135 cm³/mol. The maximum absolute atomic E-state index is 11.6. The first-order chi connectivity index (χ1) is 14.1. The molecule has 1 saturated heterocycles. The van der Waals surface area contributed by atoms with Crippen LogP contribution in [0.25, 0.3) is 10.8 Å². The van der Waals surface area contributed by atoms with Crippen LogP contribution in [0.4, 0.5) is 0 Å². The molecule has 1 aliphatic heterocycles. The quantitative estimate of drug-likeness (QED) is 0.265. The fourth-order valence-corrected chi connectivity index (χ4v) is 3.69. The van der Waals surface area contributed by atoms with E-state index in [9.17, 15) is 4.79 Å². The fraction of sp³-hybridized carbons (Fsp3) is 0.478. The van der Waals surface area contributed by atoms with Gasteiger partial charge in [-0.2, -0.15) is 0 Å². The van der Waals surface area contributed by atoms with Crippen molar-refractivity contribution < 1.29 is 4.79 Å². The molecule has 0 radical (unpaired) electrons. The molecule has 0 atom stereocenters. The van der Waals surface area contributed by atoms with Crippen molar-refractivity contribution in [3.05, 3.63) is 48.0 Å². The average Bonchev–Trinajstić information content (AvgIpc) is 2.74. The maximum Gasteiger partial charge on any atom is 0.222 e. The highest BCUT2D eigenvalue weighted by Crippen LogP contribution is 2.20. The zero-order valence-electron chi connectivity index (χ0n) is 18.2. The van der Waals surface area contributed by atoms with Gasteiger partial charge in [0.15, 0.2) is 5.96 Å². The van der Waals surface area contributed by atoms with Gasteiger partial charge < -0.3 is 15.5 Å². The normalized spacial score (nSPS) is 15.2. The average molecular weight is 523 g/mol. The van der Waals surface area contributed by atoms with Crippen LogP contribution >= 0.6 is 24.0 Å². The third-order valence-electron chi connectivity index (χ3n) is 5.39. The van der Waals surface area contributed by atoms with Crippen LogP contribution in [-0.2, 0) is 11.3 Å². The molecule has 0 saturated carbocycles. The highest BCUT2D eigenvalue weighted by molar-refractivity contribution is 14.0. The summed E-state index contributed by atoms with van der Waals surface area (Å²) >= 11 is 0. The molecule has 1 fully saturated rings. The van der Waals surface area contributed by atoms with Gasteiger partial charge in [0.05, 0.1) is 0 Å². The second kappa shape index (κ2) is 12.1. The minimum atomic E-state index is 0. The number of aliphatic imine (C=N–C) groups is 1. The first-order valence-corrected chi connectivity index (χ1v) is 10.5. The van der Waals surface area contributed by atoms with Crippen LogP contribution in [0.15, 0.2) is 47.5 Å². The number of hydrogen-bond donors (Lipinski definition) is 2. The molecule has 1 aliphatic rings. The van der Waals surface area contributed by atoms with Crippen molar-refractivity contribution in [2.75, 3.05) is 46.3 Å². The highest BCUT2D eigenvalue weighted by atomic mass is 127. The van der Waals surface area contributed by atoms with Crippen LogP contribution in [0.5, 0.6) is 0 Å². The van der Waals surface area contributed by atoms with E-state index >= 15 is 0 Å². The van der Waals surface area contributed by atoms with Crippen molar-refractivity contribution in [3.8, 4) is 0 Å². The molecule has 0 bridgehead atoms. The second-order valence-corrected chi connectivity index (χ2v) is 7.82. The number of piperazine rings is 1. The summed E-state index contributed by atoms with van der Waals surface area (Å²) in [4.78, 5) is 20.9. The Morgan fingerprint density at radius 2 is 1.67 bits per heavy atom. The van der Waals surface area contributed by atoms with Gasteiger partial charge in [-0.05, 0) is 16.3 Å². The number of benzene rings is 2. The Balaban J connectivity index is 0.00000320. The Labute approximate surface area is 197 Å². The van der Waals surface area contributed by atoms with Crippen LogP contribution in [0.2, 0.25) is 0 Å². The topological polar surface area (TPSA) is 60.0 Å². The summed E-state index contributed by atoms with van der Waals surface area (Å²) in [5.74, 6) is 1.02. The molecule has 6 nitrogen and oxygen atoms in total. The first kappa shape index (κ1) is 24.4. The molecule has 0 spiro atoms. The van der Waals surface area contributed by atoms with Gasteiger partial charge in [0.2, 0.25) is 5.91 Å². The van der Waals surface area contributed by atoms with Gasteiger partial charge in [0, 0.05) is 58.8 Å². The molecule has 1 amide bonds. The minimum absolute atomic E-state index is 0. The largest absolute Gasteiger partial charge is 0.354 e. The number of nitrogens with zero attached hydrogens (tertiary/aromatic N) is 3. The van der Waals surface area contributed by atoms with Crippen LogP contribution in [0, 0.1) is 5.92 Å². The van der Waals surface area contributed by atoms with E-state index in [1.165, 1.54) is 16.3 Å². The number of amides is 1. The molecular weight excluding hydrogens is 489 g/mol. The van der Waals surface area contributed by atoms with Crippen molar-refractivity contribution >= 4 is 46.6 Å². The van der Waals surface area contributed by atoms with Crippen molar-refractivity contribution in [2.45, 2.75) is 20.4 Å². The third kappa shape index (κ3) is 6.57. The summed E-state index contributed by atoms with van der Waals surface area (Å²) in [5.41, 5.74) is 1.39. The minimum Gasteiger partial charge on any atom is -0.354 e. The van der Waals surface area contributed by atoms with Crippen molar-refractivity contribution in [1.82, 2.24) is 20.4 Å². The SMILES string of the molecule is CN=C(NCCNC(=O)C(C)C)N1CCN(Cc2cccc3ccccc23)CC1.I. The molecule has 0 unspecified atom stereocenters.